The van der Waals surface area contributed by atoms with E-state index in [-0.39, 0.29) is 46.0 Å². The summed E-state index contributed by atoms with van der Waals surface area (Å²) in [4.78, 5) is 45.7. The molecular weight excluding hydrogens is 369 g/mol. The van der Waals surface area contributed by atoms with Crippen molar-refractivity contribution in [3.8, 4) is 0 Å². The fraction of sp³-hybridized carbons (Fsp3) is 0.188. The minimum Gasteiger partial charge on any atom is -0.462 e. The minimum absolute atomic E-state index is 0.0398. The van der Waals surface area contributed by atoms with Gasteiger partial charge in [-0.2, -0.15) is 0 Å². The molecule has 2 aromatic rings. The number of hydrogen-bond acceptors (Lipinski definition) is 6. The molecule has 9 heteroatoms. The summed E-state index contributed by atoms with van der Waals surface area (Å²) in [6, 6.07) is 6.44. The summed E-state index contributed by atoms with van der Waals surface area (Å²) in [6.07, 6.45) is 0. The standard InChI is InChI=1S/C16H11Cl2N3O4/c1-2-25-15(24)11-10(19-16(18)20-12(11)17)7-21-13(22)8-5-3-4-6-9(8)14(21)23/h3-6H,2,7H2,1H3. The molecule has 0 bridgehead atoms. The van der Waals surface area contributed by atoms with E-state index in [1.165, 1.54) is 0 Å². The lowest BCUT2D eigenvalue weighted by molar-refractivity contribution is 0.0515. The van der Waals surface area contributed by atoms with Crippen molar-refractivity contribution in [1.82, 2.24) is 14.9 Å². The molecule has 3 rings (SSSR count). The summed E-state index contributed by atoms with van der Waals surface area (Å²) in [5.74, 6) is -1.72. The lowest BCUT2D eigenvalue weighted by Gasteiger charge is -2.16. The van der Waals surface area contributed by atoms with Gasteiger partial charge in [0.05, 0.1) is 30.0 Å². The molecule has 0 unspecified atom stereocenters. The molecule has 0 saturated carbocycles. The zero-order valence-electron chi connectivity index (χ0n) is 13.0. The van der Waals surface area contributed by atoms with E-state index in [2.05, 4.69) is 9.97 Å². The number of esters is 1. The number of aromatic nitrogens is 2. The topological polar surface area (TPSA) is 89.5 Å². The van der Waals surface area contributed by atoms with Crippen molar-refractivity contribution in [2.75, 3.05) is 6.61 Å². The van der Waals surface area contributed by atoms with E-state index in [1.807, 2.05) is 0 Å². The lowest BCUT2D eigenvalue weighted by Crippen LogP contribution is -2.30. The van der Waals surface area contributed by atoms with Gasteiger partial charge in [-0.05, 0) is 30.7 Å². The third-order valence-corrected chi connectivity index (χ3v) is 4.02. The summed E-state index contributed by atoms with van der Waals surface area (Å²) in [5, 5.41) is -0.408. The molecule has 0 fully saturated rings. The maximum absolute atomic E-state index is 12.5. The van der Waals surface area contributed by atoms with Crippen molar-refractivity contribution >= 4 is 41.0 Å². The highest BCUT2D eigenvalue weighted by Crippen LogP contribution is 2.27. The van der Waals surface area contributed by atoms with Gasteiger partial charge in [0.2, 0.25) is 5.28 Å². The third-order valence-electron chi connectivity index (χ3n) is 3.58. The largest absolute Gasteiger partial charge is 0.462 e. The Bertz CT molecular complexity index is 866. The number of carbonyl (C=O) groups is 3. The van der Waals surface area contributed by atoms with Crippen LogP contribution in [0.4, 0.5) is 0 Å². The summed E-state index contributed by atoms with van der Waals surface area (Å²) < 4.78 is 4.93. The van der Waals surface area contributed by atoms with Crippen LogP contribution < -0.4 is 0 Å². The first-order valence-corrected chi connectivity index (χ1v) is 8.03. The average Bonchev–Trinajstić information content (AvgIpc) is 2.80. The zero-order valence-corrected chi connectivity index (χ0v) is 14.5. The highest BCUT2D eigenvalue weighted by Gasteiger charge is 2.36. The van der Waals surface area contributed by atoms with Crippen LogP contribution in [0.2, 0.25) is 10.4 Å². The number of rotatable bonds is 4. The maximum Gasteiger partial charge on any atom is 0.343 e. The van der Waals surface area contributed by atoms with Gasteiger partial charge >= 0.3 is 5.97 Å². The molecule has 25 heavy (non-hydrogen) atoms. The first-order chi connectivity index (χ1) is 11.9. The van der Waals surface area contributed by atoms with Crippen LogP contribution >= 0.6 is 23.2 Å². The van der Waals surface area contributed by atoms with Gasteiger partial charge in [0.1, 0.15) is 10.7 Å². The molecule has 0 aliphatic carbocycles. The Morgan fingerprint density at radius 2 is 1.72 bits per heavy atom. The van der Waals surface area contributed by atoms with Crippen LogP contribution in [0.5, 0.6) is 0 Å². The molecule has 128 valence electrons. The Balaban J connectivity index is 2.00. The first kappa shape index (κ1) is 17.3. The molecule has 1 aromatic heterocycles. The van der Waals surface area contributed by atoms with Crippen LogP contribution in [0, 0.1) is 0 Å². The van der Waals surface area contributed by atoms with E-state index in [4.69, 9.17) is 27.9 Å². The van der Waals surface area contributed by atoms with Crippen molar-refractivity contribution in [1.29, 1.82) is 0 Å². The third kappa shape index (κ3) is 3.08. The molecular formula is C16H11Cl2N3O4. The molecule has 1 aromatic carbocycles. The molecule has 0 spiro atoms. The normalized spacial score (nSPS) is 13.2. The second kappa shape index (κ2) is 6.78. The molecule has 1 aliphatic rings. The second-order valence-corrected chi connectivity index (χ2v) is 5.76. The Kier molecular flexibility index (Phi) is 4.69. The Hall–Kier alpha value is -2.51. The Labute approximate surface area is 152 Å². The minimum atomic E-state index is -0.754. The maximum atomic E-state index is 12.5. The molecule has 0 saturated heterocycles. The predicted octanol–water partition coefficient (Wildman–Crippen LogP) is 2.76. The second-order valence-electron chi connectivity index (χ2n) is 5.07. The van der Waals surface area contributed by atoms with Gasteiger partial charge < -0.3 is 4.74 Å². The first-order valence-electron chi connectivity index (χ1n) is 7.28. The van der Waals surface area contributed by atoms with Gasteiger partial charge in [0.25, 0.3) is 11.8 Å². The summed E-state index contributed by atoms with van der Waals surface area (Å²) >= 11 is 11.8. The summed E-state index contributed by atoms with van der Waals surface area (Å²) in [6.45, 7) is 1.47. The van der Waals surface area contributed by atoms with Crippen LogP contribution in [-0.2, 0) is 11.3 Å². The van der Waals surface area contributed by atoms with Gasteiger partial charge in [-0.3, -0.25) is 14.5 Å². The van der Waals surface area contributed by atoms with E-state index in [0.717, 1.165) is 4.90 Å². The van der Waals surface area contributed by atoms with Crippen LogP contribution in [-0.4, -0.2) is 39.3 Å². The zero-order chi connectivity index (χ0) is 18.1. The van der Waals surface area contributed by atoms with E-state index in [9.17, 15) is 14.4 Å². The SMILES string of the molecule is CCOC(=O)c1c(Cl)nc(Cl)nc1CN1C(=O)c2ccccc2C1=O. The number of hydrogen-bond donors (Lipinski definition) is 0. The quantitative estimate of drug-likeness (QED) is 0.351. The molecule has 2 amide bonds. The smallest absolute Gasteiger partial charge is 0.343 e. The van der Waals surface area contributed by atoms with Gasteiger partial charge in [0.15, 0.2) is 0 Å². The summed E-state index contributed by atoms with van der Waals surface area (Å²) in [7, 11) is 0. The molecule has 0 radical (unpaired) electrons. The average molecular weight is 380 g/mol. The number of imide groups is 1. The van der Waals surface area contributed by atoms with Crippen LogP contribution in [0.15, 0.2) is 24.3 Å². The Morgan fingerprint density at radius 1 is 1.12 bits per heavy atom. The van der Waals surface area contributed by atoms with Crippen LogP contribution in [0.1, 0.15) is 43.7 Å². The number of benzene rings is 1. The number of ether oxygens (including phenoxy) is 1. The number of halogens is 2. The van der Waals surface area contributed by atoms with Crippen LogP contribution in [0.25, 0.3) is 0 Å². The van der Waals surface area contributed by atoms with Gasteiger partial charge in [-0.25, -0.2) is 14.8 Å². The van der Waals surface area contributed by atoms with E-state index < -0.39 is 17.8 Å². The fourth-order valence-corrected chi connectivity index (χ4v) is 3.00. The van der Waals surface area contributed by atoms with Crippen molar-refractivity contribution in [2.45, 2.75) is 13.5 Å². The molecule has 0 atom stereocenters. The van der Waals surface area contributed by atoms with E-state index >= 15 is 0 Å². The van der Waals surface area contributed by atoms with Crippen molar-refractivity contribution in [2.24, 2.45) is 0 Å². The van der Waals surface area contributed by atoms with E-state index in [1.54, 1.807) is 31.2 Å². The molecule has 0 N–H and O–H groups in total. The van der Waals surface area contributed by atoms with Gasteiger partial charge in [-0.1, -0.05) is 23.7 Å². The molecule has 2 heterocycles. The number of nitrogens with zero attached hydrogens (tertiary/aromatic N) is 3. The van der Waals surface area contributed by atoms with Crippen molar-refractivity contribution in [3.63, 3.8) is 0 Å². The van der Waals surface area contributed by atoms with Gasteiger partial charge in [-0.15, -0.1) is 0 Å². The number of fused-ring (bicyclic) bond motifs is 1. The lowest BCUT2D eigenvalue weighted by atomic mass is 10.1. The number of amides is 2. The van der Waals surface area contributed by atoms with Crippen LogP contribution in [0.3, 0.4) is 0 Å². The highest BCUT2D eigenvalue weighted by molar-refractivity contribution is 6.34. The fourth-order valence-electron chi connectivity index (χ4n) is 2.50. The van der Waals surface area contributed by atoms with Gasteiger partial charge in [0, 0.05) is 0 Å². The van der Waals surface area contributed by atoms with Crippen molar-refractivity contribution < 1.29 is 19.1 Å². The van der Waals surface area contributed by atoms with E-state index in [0.29, 0.717) is 0 Å². The summed E-state index contributed by atoms with van der Waals surface area (Å²) in [5.41, 5.74) is 0.496. The number of carbonyl (C=O) groups excluding carboxylic acids is 3. The molecule has 7 nitrogen and oxygen atoms in total. The Morgan fingerprint density at radius 3 is 2.28 bits per heavy atom. The highest BCUT2D eigenvalue weighted by atomic mass is 35.5. The molecule has 1 aliphatic heterocycles. The van der Waals surface area contributed by atoms with Crippen molar-refractivity contribution in [3.05, 3.63) is 57.1 Å². The monoisotopic (exact) mass is 379 g/mol. The predicted molar refractivity (Wildman–Crippen MR) is 88.7 cm³/mol.